The van der Waals surface area contributed by atoms with E-state index >= 15 is 0 Å². The third-order valence-electron chi connectivity index (χ3n) is 3.13. The first-order valence-electron chi connectivity index (χ1n) is 6.17. The summed E-state index contributed by atoms with van der Waals surface area (Å²) < 4.78 is 1.88. The molecule has 1 aromatic carbocycles. The lowest BCUT2D eigenvalue weighted by molar-refractivity contribution is -0.693. The van der Waals surface area contributed by atoms with Gasteiger partial charge in [0.25, 0.3) is 6.04 Å². The monoisotopic (exact) mass is 252 g/mol. The van der Waals surface area contributed by atoms with Crippen molar-refractivity contribution in [2.24, 2.45) is 5.10 Å². The molecule has 1 aliphatic heterocycles. The molecule has 0 unspecified atom stereocenters. The van der Waals surface area contributed by atoms with Crippen LogP contribution >= 0.6 is 0 Å². The van der Waals surface area contributed by atoms with Crippen LogP contribution in [0, 0.1) is 0 Å². The molecule has 4 nitrogen and oxygen atoms in total. The molecule has 0 fully saturated rings. The van der Waals surface area contributed by atoms with Crippen LogP contribution in [0.4, 0.5) is 5.69 Å². The summed E-state index contributed by atoms with van der Waals surface area (Å²) in [4.78, 5) is 12.5. The van der Waals surface area contributed by atoms with Gasteiger partial charge in [0.05, 0.1) is 5.69 Å². The van der Waals surface area contributed by atoms with E-state index in [0.29, 0.717) is 0 Å². The highest BCUT2D eigenvalue weighted by Crippen LogP contribution is 2.23. The third-order valence-corrected chi connectivity index (χ3v) is 3.13. The van der Waals surface area contributed by atoms with Crippen molar-refractivity contribution in [2.75, 3.05) is 5.01 Å². The fourth-order valence-electron chi connectivity index (χ4n) is 2.24. The van der Waals surface area contributed by atoms with Gasteiger partial charge in [-0.3, -0.25) is 4.79 Å². The minimum absolute atomic E-state index is 0.0279. The van der Waals surface area contributed by atoms with Crippen LogP contribution in [0.2, 0.25) is 0 Å². The maximum atomic E-state index is 12.5. The summed E-state index contributed by atoms with van der Waals surface area (Å²) in [7, 11) is 0. The Bertz CT molecular complexity index is 622. The van der Waals surface area contributed by atoms with Gasteiger partial charge in [0, 0.05) is 12.1 Å². The standard InChI is InChI=1S/C15H14N3O/c1-12-14(17-10-6-3-7-11-17)15(19)18(16-12)13-8-4-2-5-9-13/h2-11,14H,1H3/q+1/t14-/m1/s1. The summed E-state index contributed by atoms with van der Waals surface area (Å²) in [6.07, 6.45) is 3.77. The van der Waals surface area contributed by atoms with Crippen molar-refractivity contribution < 1.29 is 9.36 Å². The lowest BCUT2D eigenvalue weighted by Crippen LogP contribution is -2.47. The molecular formula is C15H14N3O+. The number of amides is 1. The number of benzene rings is 1. The summed E-state index contributed by atoms with van der Waals surface area (Å²) in [5.74, 6) is -0.0279. The molecule has 0 saturated carbocycles. The number of hydrogen-bond donors (Lipinski definition) is 0. The zero-order chi connectivity index (χ0) is 13.2. The van der Waals surface area contributed by atoms with Crippen molar-refractivity contribution in [3.05, 3.63) is 60.9 Å². The summed E-state index contributed by atoms with van der Waals surface area (Å²) in [6, 6.07) is 14.9. The van der Waals surface area contributed by atoms with Crippen molar-refractivity contribution in [3.63, 3.8) is 0 Å². The molecule has 19 heavy (non-hydrogen) atoms. The minimum Gasteiger partial charge on any atom is -0.264 e. The van der Waals surface area contributed by atoms with E-state index in [1.807, 2.05) is 72.4 Å². The highest BCUT2D eigenvalue weighted by molar-refractivity contribution is 6.15. The van der Waals surface area contributed by atoms with Gasteiger partial charge in [-0.1, -0.05) is 24.3 Å². The number of carbonyl (C=O) groups is 1. The minimum atomic E-state index is -0.346. The van der Waals surface area contributed by atoms with Gasteiger partial charge < -0.3 is 0 Å². The third kappa shape index (κ3) is 2.01. The molecule has 0 N–H and O–H groups in total. The molecule has 2 heterocycles. The molecule has 0 spiro atoms. The van der Waals surface area contributed by atoms with Gasteiger partial charge in [-0.25, -0.2) is 0 Å². The summed E-state index contributed by atoms with van der Waals surface area (Å²) in [5, 5.41) is 5.85. The van der Waals surface area contributed by atoms with E-state index in [4.69, 9.17) is 0 Å². The second-order valence-corrected chi connectivity index (χ2v) is 4.45. The molecule has 2 aromatic rings. The smallest absolute Gasteiger partial charge is 0.264 e. The largest absolute Gasteiger partial charge is 0.322 e. The van der Waals surface area contributed by atoms with Gasteiger partial charge in [-0.15, -0.1) is 0 Å². The molecule has 3 rings (SSSR count). The number of carbonyl (C=O) groups excluding carboxylic acids is 1. The van der Waals surface area contributed by atoms with Gasteiger partial charge in [-0.2, -0.15) is 14.7 Å². The molecule has 4 heteroatoms. The highest BCUT2D eigenvalue weighted by atomic mass is 16.2. The topological polar surface area (TPSA) is 36.6 Å². The van der Waals surface area contributed by atoms with Crippen LogP contribution < -0.4 is 9.58 Å². The first kappa shape index (κ1) is 11.6. The van der Waals surface area contributed by atoms with E-state index < -0.39 is 0 Å². The average molecular weight is 252 g/mol. The second-order valence-electron chi connectivity index (χ2n) is 4.45. The number of nitrogens with zero attached hydrogens (tertiary/aromatic N) is 3. The van der Waals surface area contributed by atoms with Crippen molar-refractivity contribution >= 4 is 17.3 Å². The van der Waals surface area contributed by atoms with Crippen LogP contribution in [-0.4, -0.2) is 11.6 Å². The predicted molar refractivity (Wildman–Crippen MR) is 72.7 cm³/mol. The first-order valence-corrected chi connectivity index (χ1v) is 6.17. The van der Waals surface area contributed by atoms with Crippen molar-refractivity contribution in [2.45, 2.75) is 13.0 Å². The van der Waals surface area contributed by atoms with E-state index in [2.05, 4.69) is 5.10 Å². The van der Waals surface area contributed by atoms with Crippen LogP contribution in [0.25, 0.3) is 0 Å². The van der Waals surface area contributed by atoms with Gasteiger partial charge in [0.15, 0.2) is 12.4 Å². The summed E-state index contributed by atoms with van der Waals surface area (Å²) >= 11 is 0. The molecule has 1 aliphatic rings. The lowest BCUT2D eigenvalue weighted by atomic mass is 10.2. The SMILES string of the molecule is CC1=NN(c2ccccc2)C(=O)[C@@H]1[n+]1ccccc1. The van der Waals surface area contributed by atoms with Crippen LogP contribution in [0.15, 0.2) is 66.0 Å². The van der Waals surface area contributed by atoms with E-state index in [-0.39, 0.29) is 11.9 Å². The molecule has 0 radical (unpaired) electrons. The maximum absolute atomic E-state index is 12.5. The van der Waals surface area contributed by atoms with E-state index in [1.165, 1.54) is 5.01 Å². The fourth-order valence-corrected chi connectivity index (χ4v) is 2.24. The zero-order valence-corrected chi connectivity index (χ0v) is 10.6. The second kappa shape index (κ2) is 4.65. The summed E-state index contributed by atoms with van der Waals surface area (Å²) in [5.41, 5.74) is 1.59. The molecule has 1 atom stereocenters. The van der Waals surface area contributed by atoms with Crippen LogP contribution in [-0.2, 0) is 4.79 Å². The number of hydrazone groups is 1. The highest BCUT2D eigenvalue weighted by Gasteiger charge is 2.41. The number of hydrogen-bond acceptors (Lipinski definition) is 2. The first-order chi connectivity index (χ1) is 9.27. The van der Waals surface area contributed by atoms with Crippen LogP contribution in [0.5, 0.6) is 0 Å². The Morgan fingerprint density at radius 2 is 1.68 bits per heavy atom. The van der Waals surface area contributed by atoms with E-state index in [1.54, 1.807) is 0 Å². The molecule has 0 saturated heterocycles. The Labute approximate surface area is 111 Å². The number of anilines is 1. The number of rotatable bonds is 2. The number of pyridine rings is 1. The van der Waals surface area contributed by atoms with Crippen molar-refractivity contribution in [3.8, 4) is 0 Å². The average Bonchev–Trinajstić information content (AvgIpc) is 2.76. The van der Waals surface area contributed by atoms with Gasteiger partial charge in [0.1, 0.15) is 5.71 Å². The van der Waals surface area contributed by atoms with E-state index in [0.717, 1.165) is 11.4 Å². The van der Waals surface area contributed by atoms with Crippen molar-refractivity contribution in [1.82, 2.24) is 0 Å². The normalized spacial score (nSPS) is 18.6. The van der Waals surface area contributed by atoms with Gasteiger partial charge >= 0.3 is 5.91 Å². The molecule has 0 bridgehead atoms. The Hall–Kier alpha value is -2.49. The van der Waals surface area contributed by atoms with Gasteiger partial charge in [0.2, 0.25) is 0 Å². The summed E-state index contributed by atoms with van der Waals surface area (Å²) in [6.45, 7) is 1.88. The number of para-hydroxylation sites is 1. The molecule has 1 aromatic heterocycles. The van der Waals surface area contributed by atoms with Crippen LogP contribution in [0.1, 0.15) is 13.0 Å². The molecular weight excluding hydrogens is 238 g/mol. The Kier molecular flexibility index (Phi) is 2.83. The Morgan fingerprint density at radius 3 is 2.37 bits per heavy atom. The lowest BCUT2D eigenvalue weighted by Gasteiger charge is -2.11. The molecule has 1 amide bonds. The van der Waals surface area contributed by atoms with Gasteiger partial charge in [-0.05, 0) is 19.1 Å². The number of aromatic nitrogens is 1. The van der Waals surface area contributed by atoms with Crippen LogP contribution in [0.3, 0.4) is 0 Å². The predicted octanol–water partition coefficient (Wildman–Crippen LogP) is 1.94. The molecule has 0 aliphatic carbocycles. The van der Waals surface area contributed by atoms with Crippen molar-refractivity contribution in [1.29, 1.82) is 0 Å². The Morgan fingerprint density at radius 1 is 1.05 bits per heavy atom. The quantitative estimate of drug-likeness (QED) is 0.752. The zero-order valence-electron chi connectivity index (χ0n) is 10.6. The molecule has 94 valence electrons. The Balaban J connectivity index is 1.96. The maximum Gasteiger partial charge on any atom is 0.322 e. The fraction of sp³-hybridized carbons (Fsp3) is 0.133. The van der Waals surface area contributed by atoms with E-state index in [9.17, 15) is 4.79 Å².